The molecule has 3 aliphatic rings. The number of benzene rings is 2. The second kappa shape index (κ2) is 17.1. The van der Waals surface area contributed by atoms with Crippen molar-refractivity contribution < 1.29 is 29.0 Å². The van der Waals surface area contributed by atoms with Crippen molar-refractivity contribution in [1.82, 2.24) is 19.9 Å². The predicted molar refractivity (Wildman–Crippen MR) is 241 cm³/mol. The maximum atomic E-state index is 13.4. The summed E-state index contributed by atoms with van der Waals surface area (Å²) in [5, 5.41) is 35.1. The summed E-state index contributed by atoms with van der Waals surface area (Å²) in [5.74, 6) is -0.399. The summed E-state index contributed by atoms with van der Waals surface area (Å²) in [6, 6.07) is 17.5. The molecule has 8 rings (SSSR count). The molecule has 2 aliphatic carbocycles. The zero-order chi connectivity index (χ0) is 42.3. The number of rotatable bonds is 15. The molecular formula is C47H58N4O6S2Si. The Balaban J connectivity index is 0.812. The number of aromatic hydroxyl groups is 1. The van der Waals surface area contributed by atoms with Gasteiger partial charge in [-0.3, -0.25) is 4.79 Å². The molecular weight excluding hydrogens is 809 g/mol. The number of ether oxygens (including phenoxy) is 1. The summed E-state index contributed by atoms with van der Waals surface area (Å²) < 4.78 is 15.1. The van der Waals surface area contributed by atoms with E-state index in [0.717, 1.165) is 99.7 Å². The molecule has 0 unspecified atom stereocenters. The number of allylic oxidation sites excluding steroid dienone is 1. The van der Waals surface area contributed by atoms with Gasteiger partial charge in [0.1, 0.15) is 17.4 Å². The average molecular weight is 867 g/mol. The normalized spacial score (nSPS) is 17.9. The van der Waals surface area contributed by atoms with Crippen LogP contribution in [0.1, 0.15) is 104 Å². The number of aliphatic hydroxyl groups is 1. The van der Waals surface area contributed by atoms with E-state index < -0.39 is 19.9 Å². The van der Waals surface area contributed by atoms with Crippen molar-refractivity contribution in [3.8, 4) is 5.75 Å². The van der Waals surface area contributed by atoms with Gasteiger partial charge in [-0.1, -0.05) is 56.3 Å². The lowest BCUT2D eigenvalue weighted by Crippen LogP contribution is -2.52. The van der Waals surface area contributed by atoms with E-state index in [1.54, 1.807) is 24.3 Å². The third kappa shape index (κ3) is 8.71. The molecule has 0 amide bonds. The van der Waals surface area contributed by atoms with Crippen LogP contribution < -0.4 is 0 Å². The number of phenols is 1. The number of aryl methyl sites for hydroxylation is 2. The lowest BCUT2D eigenvalue weighted by Gasteiger charge is -2.51. The van der Waals surface area contributed by atoms with Crippen LogP contribution in [-0.2, 0) is 43.7 Å². The molecule has 60 heavy (non-hydrogen) atoms. The molecule has 1 atom stereocenters. The lowest BCUT2D eigenvalue weighted by molar-refractivity contribution is -0.181. The lowest BCUT2D eigenvalue weighted by atomic mass is 9.61. The first kappa shape index (κ1) is 42.7. The number of likely N-dealkylation sites (tertiary alicyclic amines) is 1. The number of piperidine rings is 1. The van der Waals surface area contributed by atoms with E-state index in [1.165, 1.54) is 28.2 Å². The Labute approximate surface area is 362 Å². The van der Waals surface area contributed by atoms with Gasteiger partial charge in [0, 0.05) is 18.5 Å². The van der Waals surface area contributed by atoms with Crippen molar-refractivity contribution in [3.05, 3.63) is 103 Å². The van der Waals surface area contributed by atoms with Gasteiger partial charge in [0.2, 0.25) is 5.60 Å². The van der Waals surface area contributed by atoms with Gasteiger partial charge in [-0.05, 0) is 158 Å². The smallest absolute Gasteiger partial charge is 0.349 e. The number of aromatic nitrogens is 3. The number of esters is 1. The molecule has 0 radical (unpaired) electrons. The SMILES string of the molecule is CC(C)(C)[Si](C)(C)O[C@@H](CCCc1ccc2c(c1)nnn2CCCN1CCC2(CC1)CC(OC(=O)C(O)(c1cccs1)c1cccs1)C2)c1ccc(O)c2c1C=CC(=O)C2. The van der Waals surface area contributed by atoms with Crippen LogP contribution in [0.25, 0.3) is 17.1 Å². The van der Waals surface area contributed by atoms with Gasteiger partial charge >= 0.3 is 5.97 Å². The van der Waals surface area contributed by atoms with Gasteiger partial charge in [0.25, 0.3) is 0 Å². The Bertz CT molecular complexity index is 2300. The molecule has 2 N–H and O–H groups in total. The standard InChI is InChI=1S/C47H58N4O6S2Si/c1-45(2,3)60(4,5)57-41(36-17-19-40(53)37-29-33(52)15-16-35(36)37)11-6-10-32-14-18-39-38(28-32)48-49-51(39)23-9-22-50-24-20-46(21-25-50)30-34(31-46)56-44(54)47(55,42-12-7-26-58-42)43-13-8-27-59-43/h7-8,12-19,26-28,34,41,53,55H,6,9-11,20-25,29-31H2,1-5H3/t41-/m0/s1. The number of ketones is 1. The molecule has 0 bridgehead atoms. The third-order valence-electron chi connectivity index (χ3n) is 13.7. The minimum absolute atomic E-state index is 0.00220. The summed E-state index contributed by atoms with van der Waals surface area (Å²) in [5.41, 5.74) is 4.30. The van der Waals surface area contributed by atoms with Crippen LogP contribution in [0.4, 0.5) is 0 Å². The van der Waals surface area contributed by atoms with Gasteiger partial charge in [0.15, 0.2) is 14.1 Å². The number of hydrogen-bond donors (Lipinski definition) is 2. The van der Waals surface area contributed by atoms with Crippen molar-refractivity contribution in [2.75, 3.05) is 19.6 Å². The van der Waals surface area contributed by atoms with Crippen LogP contribution in [0.15, 0.2) is 71.4 Å². The van der Waals surface area contributed by atoms with Crippen molar-refractivity contribution in [1.29, 1.82) is 0 Å². The van der Waals surface area contributed by atoms with Crippen LogP contribution in [0.2, 0.25) is 18.1 Å². The van der Waals surface area contributed by atoms with E-state index in [0.29, 0.717) is 15.3 Å². The first-order valence-electron chi connectivity index (χ1n) is 21.4. The molecule has 318 valence electrons. The number of phenolic OH excluding ortho intramolecular Hbond substituents is 1. The Hall–Kier alpha value is -3.98. The Morgan fingerprint density at radius 1 is 0.983 bits per heavy atom. The fraction of sp³-hybridized carbons (Fsp3) is 0.489. The van der Waals surface area contributed by atoms with Crippen molar-refractivity contribution in [3.63, 3.8) is 0 Å². The zero-order valence-corrected chi connectivity index (χ0v) is 38.1. The minimum atomic E-state index is -2.14. The summed E-state index contributed by atoms with van der Waals surface area (Å²) >= 11 is 2.74. The van der Waals surface area contributed by atoms with E-state index in [1.807, 2.05) is 39.7 Å². The molecule has 1 saturated carbocycles. The van der Waals surface area contributed by atoms with Crippen molar-refractivity contribution in [2.24, 2.45) is 5.41 Å². The highest BCUT2D eigenvalue weighted by Crippen LogP contribution is 2.51. The van der Waals surface area contributed by atoms with Crippen LogP contribution in [0, 0.1) is 5.41 Å². The fourth-order valence-electron chi connectivity index (χ4n) is 9.01. The summed E-state index contributed by atoms with van der Waals surface area (Å²) in [6.07, 6.45) is 10.9. The van der Waals surface area contributed by atoms with Crippen LogP contribution in [0.5, 0.6) is 5.75 Å². The van der Waals surface area contributed by atoms with Gasteiger partial charge in [-0.15, -0.1) is 27.8 Å². The average Bonchev–Trinajstić information content (AvgIpc) is 4.01. The van der Waals surface area contributed by atoms with Gasteiger partial charge in [-0.2, -0.15) is 0 Å². The molecule has 1 saturated heterocycles. The minimum Gasteiger partial charge on any atom is -0.508 e. The van der Waals surface area contributed by atoms with Gasteiger partial charge in [-0.25, -0.2) is 9.48 Å². The molecule has 1 spiro atoms. The molecule has 10 nitrogen and oxygen atoms in total. The monoisotopic (exact) mass is 866 g/mol. The molecule has 4 heterocycles. The molecule has 2 fully saturated rings. The van der Waals surface area contributed by atoms with Crippen molar-refractivity contribution in [2.45, 2.75) is 121 Å². The number of nitrogens with zero attached hydrogens (tertiary/aromatic N) is 4. The molecule has 13 heteroatoms. The van der Waals surface area contributed by atoms with E-state index in [-0.39, 0.29) is 40.6 Å². The highest BCUT2D eigenvalue weighted by molar-refractivity contribution is 7.12. The molecule has 3 aromatic heterocycles. The Morgan fingerprint density at radius 2 is 1.70 bits per heavy atom. The second-order valence-electron chi connectivity index (χ2n) is 18.7. The maximum Gasteiger partial charge on any atom is 0.349 e. The summed E-state index contributed by atoms with van der Waals surface area (Å²) in [7, 11) is -2.14. The second-order valence-corrected chi connectivity index (χ2v) is 25.4. The van der Waals surface area contributed by atoms with E-state index in [9.17, 15) is 19.8 Å². The topological polar surface area (TPSA) is 127 Å². The predicted octanol–water partition coefficient (Wildman–Crippen LogP) is 9.60. The van der Waals surface area contributed by atoms with Crippen LogP contribution in [-0.4, -0.2) is 75.9 Å². The first-order valence-corrected chi connectivity index (χ1v) is 26.1. The van der Waals surface area contributed by atoms with E-state index in [2.05, 4.69) is 67.3 Å². The number of thiophene rings is 2. The van der Waals surface area contributed by atoms with Gasteiger partial charge < -0.3 is 24.3 Å². The summed E-state index contributed by atoms with van der Waals surface area (Å²) in [6.45, 7) is 15.2. The van der Waals surface area contributed by atoms with Crippen molar-refractivity contribution >= 4 is 59.9 Å². The molecule has 5 aromatic rings. The highest BCUT2D eigenvalue weighted by atomic mass is 32.1. The number of fused-ring (bicyclic) bond motifs is 2. The number of hydrogen-bond acceptors (Lipinski definition) is 11. The fourth-order valence-corrected chi connectivity index (χ4v) is 12.0. The number of carbonyl (C=O) groups excluding carboxylic acids is 2. The van der Waals surface area contributed by atoms with Crippen LogP contribution in [0.3, 0.4) is 0 Å². The molecule has 2 aromatic carbocycles. The highest BCUT2D eigenvalue weighted by Gasteiger charge is 2.51. The molecule has 1 aliphatic heterocycles. The largest absolute Gasteiger partial charge is 0.508 e. The van der Waals surface area contributed by atoms with Gasteiger partial charge in [0.05, 0.1) is 21.4 Å². The first-order chi connectivity index (χ1) is 28.6. The Morgan fingerprint density at radius 3 is 2.37 bits per heavy atom. The maximum absolute atomic E-state index is 13.4. The van der Waals surface area contributed by atoms with Crippen LogP contribution >= 0.6 is 22.7 Å². The van der Waals surface area contributed by atoms with E-state index >= 15 is 0 Å². The Kier molecular flexibility index (Phi) is 12.1. The third-order valence-corrected chi connectivity index (χ3v) is 20.1. The quantitative estimate of drug-likeness (QED) is 0.0782. The van der Waals surface area contributed by atoms with E-state index in [4.69, 9.17) is 9.16 Å². The zero-order valence-electron chi connectivity index (χ0n) is 35.5. The number of carbonyl (C=O) groups is 2. The summed E-state index contributed by atoms with van der Waals surface area (Å²) in [4.78, 5) is 29.4.